The highest BCUT2D eigenvalue weighted by atomic mass is 16.6. The smallest absolute Gasteiger partial charge is 0.410 e. The molecule has 28 heavy (non-hydrogen) atoms. The van der Waals surface area contributed by atoms with Gasteiger partial charge in [0.1, 0.15) is 24.1 Å². The minimum atomic E-state index is -0.479. The lowest BCUT2D eigenvalue weighted by Crippen LogP contribution is -2.44. The molecule has 8 heteroatoms. The molecule has 156 valence electrons. The number of piperidine rings is 2. The van der Waals surface area contributed by atoms with Crippen LogP contribution in [-0.4, -0.2) is 64.9 Å². The summed E-state index contributed by atoms with van der Waals surface area (Å²) in [5.41, 5.74) is 0.350. The van der Waals surface area contributed by atoms with Crippen LogP contribution in [0, 0.1) is 6.92 Å². The van der Waals surface area contributed by atoms with E-state index in [0.717, 1.165) is 44.3 Å². The molecule has 2 aliphatic rings. The first-order valence-corrected chi connectivity index (χ1v) is 10.2. The maximum absolute atomic E-state index is 12.2. The predicted octanol–water partition coefficient (Wildman–Crippen LogP) is 2.69. The number of aromatic nitrogens is 2. The molecule has 0 aromatic carbocycles. The lowest BCUT2D eigenvalue weighted by molar-refractivity contribution is 0.0122. The molecule has 1 amide bonds. The van der Waals surface area contributed by atoms with Crippen molar-refractivity contribution in [3.8, 4) is 11.8 Å². The van der Waals surface area contributed by atoms with E-state index in [4.69, 9.17) is 14.2 Å². The molecule has 0 saturated carbocycles. The van der Waals surface area contributed by atoms with Gasteiger partial charge in [0.25, 0.3) is 0 Å². The number of likely N-dealkylation sites (tertiary alicyclic amines) is 1. The Kier molecular flexibility index (Phi) is 6.59. The van der Waals surface area contributed by atoms with Crippen molar-refractivity contribution in [1.29, 1.82) is 0 Å². The molecule has 0 atom stereocenters. The van der Waals surface area contributed by atoms with Gasteiger partial charge >= 0.3 is 6.09 Å². The summed E-state index contributed by atoms with van der Waals surface area (Å²) in [4.78, 5) is 22.5. The molecule has 2 saturated heterocycles. The second-order valence-corrected chi connectivity index (χ2v) is 8.46. The summed E-state index contributed by atoms with van der Waals surface area (Å²) >= 11 is 0. The number of carbonyl (C=O) groups is 1. The van der Waals surface area contributed by atoms with Gasteiger partial charge in [0, 0.05) is 25.9 Å². The molecular weight excluding hydrogens is 360 g/mol. The first-order valence-electron chi connectivity index (χ1n) is 10.2. The molecule has 0 bridgehead atoms. The molecular formula is C20H32N4O4. The number of amides is 1. The Bertz CT molecular complexity index is 663. The van der Waals surface area contributed by atoms with Gasteiger partial charge < -0.3 is 24.4 Å². The molecule has 1 N–H and O–H groups in total. The molecule has 1 aromatic heterocycles. The van der Waals surface area contributed by atoms with Gasteiger partial charge in [-0.2, -0.15) is 0 Å². The van der Waals surface area contributed by atoms with E-state index in [9.17, 15) is 4.79 Å². The second-order valence-electron chi connectivity index (χ2n) is 8.46. The van der Waals surface area contributed by atoms with Gasteiger partial charge in [-0.05, 0) is 53.6 Å². The molecule has 2 aliphatic heterocycles. The van der Waals surface area contributed by atoms with Crippen molar-refractivity contribution in [3.63, 3.8) is 0 Å². The zero-order valence-electron chi connectivity index (χ0n) is 17.4. The van der Waals surface area contributed by atoms with Crippen molar-refractivity contribution in [3.05, 3.63) is 11.9 Å². The van der Waals surface area contributed by atoms with Gasteiger partial charge in [-0.25, -0.2) is 14.8 Å². The quantitative estimate of drug-likeness (QED) is 0.843. The maximum atomic E-state index is 12.2. The Labute approximate surface area is 167 Å². The summed E-state index contributed by atoms with van der Waals surface area (Å²) in [6, 6.07) is 0. The third-order valence-corrected chi connectivity index (χ3v) is 4.93. The van der Waals surface area contributed by atoms with Gasteiger partial charge in [0.15, 0.2) is 0 Å². The van der Waals surface area contributed by atoms with Crippen LogP contribution in [0.2, 0.25) is 0 Å². The van der Waals surface area contributed by atoms with Crippen molar-refractivity contribution in [2.24, 2.45) is 0 Å². The third-order valence-electron chi connectivity index (χ3n) is 4.93. The fourth-order valence-corrected chi connectivity index (χ4v) is 3.37. The Morgan fingerprint density at radius 2 is 1.57 bits per heavy atom. The van der Waals surface area contributed by atoms with Gasteiger partial charge in [0.05, 0.1) is 5.56 Å². The van der Waals surface area contributed by atoms with Gasteiger partial charge in [-0.3, -0.25) is 0 Å². The van der Waals surface area contributed by atoms with Crippen LogP contribution in [0.4, 0.5) is 4.79 Å². The molecule has 1 aromatic rings. The van der Waals surface area contributed by atoms with E-state index in [-0.39, 0.29) is 18.3 Å². The Balaban J connectivity index is 1.53. The molecule has 0 unspecified atom stereocenters. The summed E-state index contributed by atoms with van der Waals surface area (Å²) < 4.78 is 17.6. The summed E-state index contributed by atoms with van der Waals surface area (Å²) in [7, 11) is 0. The largest absolute Gasteiger partial charge is 0.474 e. The van der Waals surface area contributed by atoms with Crippen molar-refractivity contribution in [2.45, 2.75) is 71.2 Å². The van der Waals surface area contributed by atoms with Crippen molar-refractivity contribution < 1.29 is 19.0 Å². The van der Waals surface area contributed by atoms with E-state index in [0.29, 0.717) is 24.8 Å². The van der Waals surface area contributed by atoms with Crippen molar-refractivity contribution >= 4 is 6.09 Å². The van der Waals surface area contributed by atoms with Crippen LogP contribution < -0.4 is 14.8 Å². The van der Waals surface area contributed by atoms with Gasteiger partial charge in [-0.15, -0.1) is 0 Å². The summed E-state index contributed by atoms with van der Waals surface area (Å²) in [5, 5.41) is 3.33. The fourth-order valence-electron chi connectivity index (χ4n) is 3.37. The van der Waals surface area contributed by atoms with Crippen LogP contribution in [0.15, 0.2) is 6.33 Å². The molecule has 0 aliphatic carbocycles. The zero-order chi connectivity index (χ0) is 20.1. The molecule has 0 spiro atoms. The van der Waals surface area contributed by atoms with Crippen LogP contribution in [0.5, 0.6) is 11.8 Å². The molecule has 3 heterocycles. The van der Waals surface area contributed by atoms with E-state index < -0.39 is 5.60 Å². The van der Waals surface area contributed by atoms with Crippen LogP contribution in [-0.2, 0) is 4.74 Å². The number of hydrogen-bond acceptors (Lipinski definition) is 7. The number of rotatable bonds is 4. The number of carbonyl (C=O) groups excluding carboxylic acids is 1. The molecule has 2 fully saturated rings. The van der Waals surface area contributed by atoms with E-state index >= 15 is 0 Å². The van der Waals surface area contributed by atoms with Crippen molar-refractivity contribution in [2.75, 3.05) is 26.2 Å². The van der Waals surface area contributed by atoms with Crippen LogP contribution in [0.25, 0.3) is 0 Å². The predicted molar refractivity (Wildman–Crippen MR) is 105 cm³/mol. The average Bonchev–Trinajstić information content (AvgIpc) is 2.65. The average molecular weight is 393 g/mol. The summed E-state index contributed by atoms with van der Waals surface area (Å²) in [6.45, 7) is 10.7. The zero-order valence-corrected chi connectivity index (χ0v) is 17.4. The number of hydrogen-bond donors (Lipinski definition) is 1. The summed E-state index contributed by atoms with van der Waals surface area (Å²) in [6.07, 6.45) is 4.86. The lowest BCUT2D eigenvalue weighted by Gasteiger charge is -2.33. The second kappa shape index (κ2) is 8.94. The van der Waals surface area contributed by atoms with Crippen LogP contribution >= 0.6 is 0 Å². The standard InChI is InChI=1S/C20H32N4O4/c1-14-17(26-15-5-9-21-10-6-15)22-13-23-18(14)27-16-7-11-24(12-8-16)19(25)28-20(2,3)4/h13,15-16,21H,5-12H2,1-4H3. The Hall–Kier alpha value is -2.09. The topological polar surface area (TPSA) is 85.8 Å². The lowest BCUT2D eigenvalue weighted by atomic mass is 10.1. The molecule has 3 rings (SSSR count). The van der Waals surface area contributed by atoms with E-state index in [1.165, 1.54) is 6.33 Å². The van der Waals surface area contributed by atoms with Crippen LogP contribution in [0.1, 0.15) is 52.0 Å². The number of nitrogens with one attached hydrogen (secondary N) is 1. The van der Waals surface area contributed by atoms with E-state index in [1.807, 2.05) is 27.7 Å². The van der Waals surface area contributed by atoms with Gasteiger partial charge in [-0.1, -0.05) is 0 Å². The molecule has 0 radical (unpaired) electrons. The third kappa shape index (κ3) is 5.70. The minimum absolute atomic E-state index is 0.0130. The summed E-state index contributed by atoms with van der Waals surface area (Å²) in [5.74, 6) is 1.16. The fraction of sp³-hybridized carbons (Fsp3) is 0.750. The van der Waals surface area contributed by atoms with Crippen LogP contribution in [0.3, 0.4) is 0 Å². The SMILES string of the molecule is Cc1c(OC2CCNCC2)ncnc1OC1CCN(C(=O)OC(C)(C)C)CC1. The highest BCUT2D eigenvalue weighted by Gasteiger charge is 2.28. The monoisotopic (exact) mass is 392 g/mol. The van der Waals surface area contributed by atoms with E-state index in [2.05, 4.69) is 15.3 Å². The van der Waals surface area contributed by atoms with Crippen molar-refractivity contribution in [1.82, 2.24) is 20.2 Å². The minimum Gasteiger partial charge on any atom is -0.474 e. The van der Waals surface area contributed by atoms with E-state index in [1.54, 1.807) is 4.90 Å². The number of ether oxygens (including phenoxy) is 3. The normalized spacial score (nSPS) is 19.4. The molecule has 8 nitrogen and oxygen atoms in total. The Morgan fingerprint density at radius 3 is 2.11 bits per heavy atom. The first-order chi connectivity index (χ1) is 13.3. The van der Waals surface area contributed by atoms with Gasteiger partial charge in [0.2, 0.25) is 11.8 Å². The highest BCUT2D eigenvalue weighted by Crippen LogP contribution is 2.27. The Morgan fingerprint density at radius 1 is 1.04 bits per heavy atom. The number of nitrogens with zero attached hydrogens (tertiary/aromatic N) is 3. The highest BCUT2D eigenvalue weighted by molar-refractivity contribution is 5.68. The first kappa shape index (κ1) is 20.6. The maximum Gasteiger partial charge on any atom is 0.410 e.